The molecule has 262 valence electrons. The molecule has 1 atom stereocenters. The maximum absolute atomic E-state index is 2.55. The molecule has 0 saturated heterocycles. The van der Waals surface area contributed by atoms with E-state index in [0.717, 1.165) is 0 Å². The van der Waals surface area contributed by atoms with E-state index in [0.29, 0.717) is 0 Å². The van der Waals surface area contributed by atoms with E-state index in [2.05, 4.69) is 206 Å². The summed E-state index contributed by atoms with van der Waals surface area (Å²) in [5, 5.41) is 12.8. The highest BCUT2D eigenvalue weighted by Crippen LogP contribution is 2.63. The summed E-state index contributed by atoms with van der Waals surface area (Å²) in [7, 11) is 0. The van der Waals surface area contributed by atoms with Gasteiger partial charge in [0.25, 0.3) is 0 Å². The lowest BCUT2D eigenvalue weighted by Crippen LogP contribution is -2.31. The fourth-order valence-corrected chi connectivity index (χ4v) is 11.0. The van der Waals surface area contributed by atoms with Crippen molar-refractivity contribution in [3.63, 3.8) is 0 Å². The maximum Gasteiger partial charge on any atom is 0.0725 e. The van der Waals surface area contributed by atoms with Gasteiger partial charge >= 0.3 is 0 Å². The van der Waals surface area contributed by atoms with Crippen molar-refractivity contribution in [1.29, 1.82) is 0 Å². The second-order valence-corrected chi connectivity index (χ2v) is 15.9. The van der Waals surface area contributed by atoms with Crippen molar-refractivity contribution in [1.82, 2.24) is 0 Å². The van der Waals surface area contributed by atoms with Crippen LogP contribution in [0.1, 0.15) is 22.3 Å². The smallest absolute Gasteiger partial charge is 0.0619 e. The van der Waals surface area contributed by atoms with Crippen LogP contribution < -0.4 is 0 Å². The molecular formula is C57H34. The minimum atomic E-state index is -0.523. The lowest BCUT2D eigenvalue weighted by Gasteiger charge is -2.40. The third kappa shape index (κ3) is 4.02. The summed E-state index contributed by atoms with van der Waals surface area (Å²) in [6.07, 6.45) is 0. The molecule has 0 fully saturated rings. The molecule has 13 rings (SSSR count). The SMILES string of the molecule is c1ccc2c(c1)-c1ccc(-c3c4ccccc4cc4ccccc34)cc1C21c2ccccc2-c2ccc(-c3c4ccccc4cc4ccccc34)c3cccc1c23. The molecule has 2 aliphatic carbocycles. The summed E-state index contributed by atoms with van der Waals surface area (Å²) in [6.45, 7) is 0. The summed E-state index contributed by atoms with van der Waals surface area (Å²) in [5.41, 5.74) is 15.2. The van der Waals surface area contributed by atoms with Gasteiger partial charge in [-0.1, -0.05) is 188 Å². The Bertz CT molecular complexity index is 3420. The van der Waals surface area contributed by atoms with Crippen molar-refractivity contribution in [3.8, 4) is 44.5 Å². The Morgan fingerprint density at radius 1 is 0.246 bits per heavy atom. The number of benzene rings is 11. The molecule has 0 bridgehead atoms. The summed E-state index contributed by atoms with van der Waals surface area (Å²) in [4.78, 5) is 0. The molecule has 11 aromatic rings. The topological polar surface area (TPSA) is 0 Å². The van der Waals surface area contributed by atoms with Gasteiger partial charge in [0.1, 0.15) is 0 Å². The van der Waals surface area contributed by atoms with E-state index >= 15 is 0 Å². The van der Waals surface area contributed by atoms with E-state index in [4.69, 9.17) is 0 Å². The highest BCUT2D eigenvalue weighted by atomic mass is 14.5. The third-order valence-electron chi connectivity index (χ3n) is 13.2. The number of hydrogen-bond acceptors (Lipinski definition) is 0. The molecule has 57 heavy (non-hydrogen) atoms. The summed E-state index contributed by atoms with van der Waals surface area (Å²) in [5.74, 6) is 0. The average Bonchev–Trinajstić information content (AvgIpc) is 3.56. The van der Waals surface area contributed by atoms with Gasteiger partial charge in [0, 0.05) is 0 Å². The highest BCUT2D eigenvalue weighted by molar-refractivity contribution is 6.20. The predicted molar refractivity (Wildman–Crippen MR) is 241 cm³/mol. The first-order chi connectivity index (χ1) is 28.3. The maximum atomic E-state index is 2.55. The summed E-state index contributed by atoms with van der Waals surface area (Å²) in [6, 6.07) is 77.9. The Hall–Kier alpha value is -7.28. The minimum absolute atomic E-state index is 0.523. The molecule has 2 aliphatic rings. The second kappa shape index (κ2) is 11.4. The standard InChI is InChI=1S/C57H34/c1-5-18-40-35(14-1)32-36-15-2-6-19-41(36)54(40)39-28-29-46-44-22-9-11-25-50(44)57(53(46)34-39)51-26-12-10-23-45(51)48-30-31-49(47-24-13-27-52(57)56(47)48)55-42-20-7-3-16-37(42)33-38-17-4-8-21-43(38)55/h1-34H. The van der Waals surface area contributed by atoms with Gasteiger partial charge in [0.05, 0.1) is 5.41 Å². The van der Waals surface area contributed by atoms with Gasteiger partial charge in [0.2, 0.25) is 0 Å². The predicted octanol–water partition coefficient (Wildman–Crippen LogP) is 15.1. The van der Waals surface area contributed by atoms with E-state index in [1.165, 1.54) is 121 Å². The molecule has 0 heterocycles. The molecule has 0 amide bonds. The van der Waals surface area contributed by atoms with Crippen LogP contribution in [0, 0.1) is 0 Å². The Morgan fingerprint density at radius 2 is 0.667 bits per heavy atom. The van der Waals surface area contributed by atoms with Crippen LogP contribution in [0.3, 0.4) is 0 Å². The molecular weight excluding hydrogens is 685 g/mol. The van der Waals surface area contributed by atoms with Gasteiger partial charge in [0.15, 0.2) is 0 Å². The van der Waals surface area contributed by atoms with Gasteiger partial charge < -0.3 is 0 Å². The lowest BCUT2D eigenvalue weighted by atomic mass is 9.61. The minimum Gasteiger partial charge on any atom is -0.0619 e. The monoisotopic (exact) mass is 718 g/mol. The third-order valence-corrected chi connectivity index (χ3v) is 13.2. The van der Waals surface area contributed by atoms with Crippen LogP contribution >= 0.6 is 0 Å². The first-order valence-electron chi connectivity index (χ1n) is 20.0. The Morgan fingerprint density at radius 3 is 1.26 bits per heavy atom. The first kappa shape index (κ1) is 31.0. The van der Waals surface area contributed by atoms with Crippen molar-refractivity contribution < 1.29 is 0 Å². The zero-order valence-corrected chi connectivity index (χ0v) is 31.1. The van der Waals surface area contributed by atoms with E-state index in [1.807, 2.05) is 0 Å². The van der Waals surface area contributed by atoms with Gasteiger partial charge in [-0.3, -0.25) is 0 Å². The first-order valence-corrected chi connectivity index (χ1v) is 20.0. The van der Waals surface area contributed by atoms with Gasteiger partial charge in [-0.15, -0.1) is 0 Å². The van der Waals surface area contributed by atoms with Crippen LogP contribution in [-0.4, -0.2) is 0 Å². The molecule has 11 aromatic carbocycles. The molecule has 0 saturated carbocycles. The lowest BCUT2D eigenvalue weighted by molar-refractivity contribution is 0.774. The van der Waals surface area contributed by atoms with Crippen molar-refractivity contribution >= 4 is 53.9 Å². The molecule has 1 spiro atoms. The van der Waals surface area contributed by atoms with Crippen LogP contribution in [0.2, 0.25) is 0 Å². The van der Waals surface area contributed by atoms with Crippen LogP contribution in [0.25, 0.3) is 98.4 Å². The number of rotatable bonds is 2. The normalized spacial score (nSPS) is 15.1. The molecule has 1 unspecified atom stereocenters. The molecule has 0 N–H and O–H groups in total. The van der Waals surface area contributed by atoms with E-state index in [-0.39, 0.29) is 0 Å². The van der Waals surface area contributed by atoms with Crippen LogP contribution in [0.5, 0.6) is 0 Å². The zero-order valence-electron chi connectivity index (χ0n) is 31.1. The van der Waals surface area contributed by atoms with Gasteiger partial charge in [-0.25, -0.2) is 0 Å². The second-order valence-electron chi connectivity index (χ2n) is 15.9. The Kier molecular flexibility index (Phi) is 6.19. The quantitative estimate of drug-likeness (QED) is 0.156. The van der Waals surface area contributed by atoms with E-state index in [1.54, 1.807) is 0 Å². The number of hydrogen-bond donors (Lipinski definition) is 0. The van der Waals surface area contributed by atoms with Crippen molar-refractivity contribution in [3.05, 3.63) is 229 Å². The van der Waals surface area contributed by atoms with Gasteiger partial charge in [-0.2, -0.15) is 0 Å². The van der Waals surface area contributed by atoms with Crippen LogP contribution in [0.4, 0.5) is 0 Å². The summed E-state index contributed by atoms with van der Waals surface area (Å²) < 4.78 is 0. The molecule has 0 radical (unpaired) electrons. The average molecular weight is 719 g/mol. The van der Waals surface area contributed by atoms with E-state index < -0.39 is 5.41 Å². The fraction of sp³-hybridized carbons (Fsp3) is 0.0175. The van der Waals surface area contributed by atoms with E-state index in [9.17, 15) is 0 Å². The Labute approximate surface area is 330 Å². The van der Waals surface area contributed by atoms with Crippen molar-refractivity contribution in [2.24, 2.45) is 0 Å². The van der Waals surface area contributed by atoms with Crippen molar-refractivity contribution in [2.75, 3.05) is 0 Å². The van der Waals surface area contributed by atoms with Crippen molar-refractivity contribution in [2.45, 2.75) is 5.41 Å². The molecule has 0 heteroatoms. The fourth-order valence-electron chi connectivity index (χ4n) is 11.0. The number of fused-ring (bicyclic) bond motifs is 13. The van der Waals surface area contributed by atoms with Gasteiger partial charge in [-0.05, 0) is 139 Å². The van der Waals surface area contributed by atoms with Crippen LogP contribution in [-0.2, 0) is 5.41 Å². The molecule has 0 aliphatic heterocycles. The molecule has 0 aromatic heterocycles. The summed E-state index contributed by atoms with van der Waals surface area (Å²) >= 11 is 0. The highest BCUT2D eigenvalue weighted by Gasteiger charge is 2.50. The zero-order chi connectivity index (χ0) is 37.2. The largest absolute Gasteiger partial charge is 0.0725 e. The molecule has 0 nitrogen and oxygen atoms in total. The Balaban J connectivity index is 1.18. The van der Waals surface area contributed by atoms with Crippen LogP contribution in [0.15, 0.2) is 206 Å².